The molecule has 0 rings (SSSR count). The molecule has 0 saturated carbocycles. The fourth-order valence-corrected chi connectivity index (χ4v) is 0.431. The van der Waals surface area contributed by atoms with Crippen LogP contribution in [-0.4, -0.2) is 18.5 Å². The van der Waals surface area contributed by atoms with Crippen LogP contribution in [0.5, 0.6) is 0 Å². The summed E-state index contributed by atoms with van der Waals surface area (Å²) in [4.78, 5) is 10.5. The summed E-state index contributed by atoms with van der Waals surface area (Å²) in [6.45, 7) is 1.93. The van der Waals surface area contributed by atoms with Gasteiger partial charge < -0.3 is 9.84 Å². The van der Waals surface area contributed by atoms with Crippen molar-refractivity contribution in [3.05, 3.63) is 11.8 Å². The average molecular weight is 164 g/mol. The van der Waals surface area contributed by atoms with Gasteiger partial charge in [0, 0.05) is 12.0 Å². The van der Waals surface area contributed by atoms with Crippen LogP contribution in [0, 0.1) is 0 Å². The number of alkyl halides is 1. The smallest absolute Gasteiger partial charge is 0.329 e. The summed E-state index contributed by atoms with van der Waals surface area (Å²) in [5.74, 6) is -1.24. The third kappa shape index (κ3) is 4.21. The summed E-state index contributed by atoms with van der Waals surface area (Å²) < 4.78 is 4.44. The summed E-state index contributed by atoms with van der Waals surface area (Å²) in [5, 5.41) is 10.4. The number of esters is 1. The Labute approximate surface area is 64.2 Å². The molecule has 0 aliphatic heterocycles. The lowest BCUT2D eigenvalue weighted by atomic mass is 10.5. The maximum atomic E-state index is 10.5. The second kappa shape index (κ2) is 5.11. The van der Waals surface area contributed by atoms with E-state index in [9.17, 15) is 9.90 Å². The van der Waals surface area contributed by atoms with Crippen molar-refractivity contribution in [3.63, 3.8) is 0 Å². The highest BCUT2D eigenvalue weighted by molar-refractivity contribution is 6.19. The molecule has 58 valence electrons. The first-order chi connectivity index (χ1) is 4.70. The second-order valence-electron chi connectivity index (χ2n) is 1.50. The van der Waals surface area contributed by atoms with Crippen LogP contribution in [0.2, 0.25) is 0 Å². The Morgan fingerprint density at radius 1 is 1.80 bits per heavy atom. The lowest BCUT2D eigenvalue weighted by molar-refractivity contribution is -0.301. The van der Waals surface area contributed by atoms with Gasteiger partial charge in [-0.15, -0.1) is 17.4 Å². The number of hydrogen-bond acceptors (Lipinski definition) is 3. The fraction of sp³-hybridized carbons (Fsp3) is 0.500. The Hall–Kier alpha value is -0.700. The molecule has 0 radical (unpaired) electrons. The van der Waals surface area contributed by atoms with Gasteiger partial charge in [-0.05, 0) is 6.92 Å². The fourth-order valence-electron chi connectivity index (χ4n) is 0.354. The van der Waals surface area contributed by atoms with Crippen LogP contribution in [0.1, 0.15) is 6.92 Å². The van der Waals surface area contributed by atoms with Gasteiger partial charge in [0.15, 0.2) is 0 Å². The molecule has 0 saturated heterocycles. The van der Waals surface area contributed by atoms with Crippen molar-refractivity contribution in [3.8, 4) is 0 Å². The molecule has 0 aliphatic carbocycles. The highest BCUT2D eigenvalue weighted by Gasteiger charge is 1.92. The Bertz CT molecular complexity index is 142. The Morgan fingerprint density at radius 3 is 2.80 bits per heavy atom. The SMILES string of the molecule is CCOC(=O)/C=C(\[O-])CCl. The van der Waals surface area contributed by atoms with Crippen LogP contribution in [0.25, 0.3) is 0 Å². The molecular weight excluding hydrogens is 156 g/mol. The molecule has 0 aromatic heterocycles. The molecule has 10 heavy (non-hydrogen) atoms. The van der Waals surface area contributed by atoms with Crippen LogP contribution in [0.3, 0.4) is 0 Å². The molecule has 0 aromatic rings. The Kier molecular flexibility index (Phi) is 4.76. The first-order valence-electron chi connectivity index (χ1n) is 2.81. The molecule has 0 unspecified atom stereocenters. The number of halogens is 1. The van der Waals surface area contributed by atoms with Gasteiger partial charge in [0.2, 0.25) is 0 Å². The van der Waals surface area contributed by atoms with Crippen LogP contribution >= 0.6 is 11.6 Å². The highest BCUT2D eigenvalue weighted by Crippen LogP contribution is 1.88. The molecule has 0 N–H and O–H groups in total. The van der Waals surface area contributed by atoms with Crippen LogP contribution in [0.15, 0.2) is 11.8 Å². The Balaban J connectivity index is 3.75. The van der Waals surface area contributed by atoms with Crippen LogP contribution in [0.4, 0.5) is 0 Å². The van der Waals surface area contributed by atoms with E-state index in [0.29, 0.717) is 0 Å². The predicted molar refractivity (Wildman–Crippen MR) is 35.4 cm³/mol. The van der Waals surface area contributed by atoms with Crippen molar-refractivity contribution in [1.29, 1.82) is 0 Å². The third-order valence-corrected chi connectivity index (χ3v) is 0.961. The average Bonchev–Trinajstić information content (AvgIpc) is 1.88. The normalized spacial score (nSPS) is 11.2. The van der Waals surface area contributed by atoms with E-state index in [1.807, 2.05) is 0 Å². The zero-order chi connectivity index (χ0) is 7.98. The summed E-state index contributed by atoms with van der Waals surface area (Å²) in [5.41, 5.74) is 0. The van der Waals surface area contributed by atoms with E-state index in [2.05, 4.69) is 4.74 Å². The predicted octanol–water partition coefficient (Wildman–Crippen LogP) is 0.0325. The maximum absolute atomic E-state index is 10.5. The molecule has 0 aliphatic rings. The van der Waals surface area contributed by atoms with Crippen molar-refractivity contribution in [2.45, 2.75) is 6.92 Å². The molecule has 0 fully saturated rings. The molecule has 0 aromatic carbocycles. The minimum absolute atomic E-state index is 0.182. The van der Waals surface area contributed by atoms with Gasteiger partial charge in [0.05, 0.1) is 6.61 Å². The van der Waals surface area contributed by atoms with Crippen LogP contribution in [-0.2, 0) is 9.53 Å². The summed E-state index contributed by atoms with van der Waals surface area (Å²) in [6, 6.07) is 0. The molecule has 0 spiro atoms. The molecule has 0 amide bonds. The van der Waals surface area contributed by atoms with E-state index in [1.54, 1.807) is 6.92 Å². The number of rotatable bonds is 3. The van der Waals surface area contributed by atoms with E-state index in [4.69, 9.17) is 11.6 Å². The first kappa shape index (κ1) is 9.30. The number of ether oxygens (including phenoxy) is 1. The number of allylic oxidation sites excluding steroid dienone is 1. The van der Waals surface area contributed by atoms with Gasteiger partial charge in [-0.1, -0.05) is 0 Å². The topological polar surface area (TPSA) is 49.4 Å². The minimum Gasteiger partial charge on any atom is -0.874 e. The number of carbonyl (C=O) groups is 1. The van der Waals surface area contributed by atoms with Crippen molar-refractivity contribution < 1.29 is 14.6 Å². The van der Waals surface area contributed by atoms with Gasteiger partial charge in [0.1, 0.15) is 0 Å². The van der Waals surface area contributed by atoms with Crippen LogP contribution < -0.4 is 5.11 Å². The quantitative estimate of drug-likeness (QED) is 0.255. The van der Waals surface area contributed by atoms with E-state index in [0.717, 1.165) is 6.08 Å². The van der Waals surface area contributed by atoms with Crippen molar-refractivity contribution in [2.75, 3.05) is 12.5 Å². The zero-order valence-electron chi connectivity index (χ0n) is 5.59. The summed E-state index contributed by atoms with van der Waals surface area (Å²) >= 11 is 5.11. The molecule has 0 atom stereocenters. The summed E-state index contributed by atoms with van der Waals surface area (Å²) in [7, 11) is 0. The van der Waals surface area contributed by atoms with Crippen molar-refractivity contribution in [2.24, 2.45) is 0 Å². The van der Waals surface area contributed by atoms with Gasteiger partial charge in [0.25, 0.3) is 0 Å². The lowest BCUT2D eigenvalue weighted by Gasteiger charge is -2.05. The number of carbonyl (C=O) groups excluding carboxylic acids is 1. The van der Waals surface area contributed by atoms with Crippen molar-refractivity contribution >= 4 is 17.6 Å². The molecule has 0 bridgehead atoms. The van der Waals surface area contributed by atoms with Gasteiger partial charge in [-0.25, -0.2) is 4.79 Å². The molecule has 3 nitrogen and oxygen atoms in total. The zero-order valence-corrected chi connectivity index (χ0v) is 6.35. The summed E-state index contributed by atoms with van der Waals surface area (Å²) in [6.07, 6.45) is 0.844. The second-order valence-corrected chi connectivity index (χ2v) is 1.76. The monoisotopic (exact) mass is 163 g/mol. The molecular formula is C6H8ClO3-. The third-order valence-electron chi connectivity index (χ3n) is 0.697. The van der Waals surface area contributed by atoms with E-state index in [1.165, 1.54) is 0 Å². The minimum atomic E-state index is -0.631. The Morgan fingerprint density at radius 2 is 2.40 bits per heavy atom. The van der Waals surface area contributed by atoms with E-state index in [-0.39, 0.29) is 12.5 Å². The molecule has 4 heteroatoms. The highest BCUT2D eigenvalue weighted by atomic mass is 35.5. The number of hydrogen-bond donors (Lipinski definition) is 0. The molecule has 0 heterocycles. The van der Waals surface area contributed by atoms with Gasteiger partial charge in [-0.3, -0.25) is 0 Å². The standard InChI is InChI=1S/C6H9ClO3/c1-2-10-6(9)3-5(8)4-7/h3,8H,2,4H2,1H3/p-1/b5-3-. The van der Waals surface area contributed by atoms with Gasteiger partial charge in [-0.2, -0.15) is 0 Å². The first-order valence-corrected chi connectivity index (χ1v) is 3.34. The largest absolute Gasteiger partial charge is 0.874 e. The van der Waals surface area contributed by atoms with E-state index < -0.39 is 11.7 Å². The van der Waals surface area contributed by atoms with Crippen molar-refractivity contribution in [1.82, 2.24) is 0 Å². The van der Waals surface area contributed by atoms with Gasteiger partial charge >= 0.3 is 5.97 Å². The lowest BCUT2D eigenvalue weighted by Crippen LogP contribution is -2.09. The maximum Gasteiger partial charge on any atom is 0.329 e. The van der Waals surface area contributed by atoms with E-state index >= 15 is 0 Å².